The van der Waals surface area contributed by atoms with E-state index in [1.54, 1.807) is 25.4 Å². The molecule has 0 spiro atoms. The molecule has 1 aliphatic rings. The number of furan rings is 1. The fourth-order valence-electron chi connectivity index (χ4n) is 3.56. The molecular formula is C21H20N4O4S. The molecule has 0 amide bonds. The van der Waals surface area contributed by atoms with Gasteiger partial charge >= 0.3 is 0 Å². The van der Waals surface area contributed by atoms with Crippen LogP contribution in [0.5, 0.6) is 0 Å². The lowest BCUT2D eigenvalue weighted by molar-refractivity contribution is -0.384. The van der Waals surface area contributed by atoms with Crippen LogP contribution in [0.2, 0.25) is 0 Å². The van der Waals surface area contributed by atoms with Crippen molar-refractivity contribution in [1.82, 2.24) is 15.2 Å². The van der Waals surface area contributed by atoms with Gasteiger partial charge in [0.25, 0.3) is 5.69 Å². The van der Waals surface area contributed by atoms with Crippen molar-refractivity contribution in [2.45, 2.75) is 12.1 Å². The van der Waals surface area contributed by atoms with E-state index in [1.807, 2.05) is 35.2 Å². The zero-order valence-electron chi connectivity index (χ0n) is 16.2. The Morgan fingerprint density at radius 2 is 2.03 bits per heavy atom. The van der Waals surface area contributed by atoms with Crippen LogP contribution in [-0.4, -0.2) is 40.2 Å². The number of hydrogen-bond donors (Lipinski definition) is 1. The van der Waals surface area contributed by atoms with Crippen LogP contribution in [0, 0.1) is 10.1 Å². The molecule has 1 saturated heterocycles. The van der Waals surface area contributed by atoms with E-state index >= 15 is 0 Å². The van der Waals surface area contributed by atoms with Crippen LogP contribution in [0.15, 0.2) is 65.2 Å². The first-order valence-corrected chi connectivity index (χ1v) is 9.81. The summed E-state index contributed by atoms with van der Waals surface area (Å²) in [5, 5.41) is 14.9. The molecule has 0 bridgehead atoms. The zero-order valence-corrected chi connectivity index (χ0v) is 17.0. The van der Waals surface area contributed by atoms with Gasteiger partial charge in [-0.15, -0.1) is 0 Å². The molecule has 9 heteroatoms. The number of non-ortho nitro benzene ring substituents is 1. The molecule has 0 radical (unpaired) electrons. The zero-order chi connectivity index (χ0) is 21.1. The van der Waals surface area contributed by atoms with Gasteiger partial charge < -0.3 is 19.4 Å². The average Bonchev–Trinajstić information content (AvgIpc) is 3.37. The molecule has 4 rings (SSSR count). The van der Waals surface area contributed by atoms with E-state index in [0.29, 0.717) is 24.0 Å². The highest BCUT2D eigenvalue weighted by molar-refractivity contribution is 7.80. The van der Waals surface area contributed by atoms with E-state index in [1.165, 1.54) is 12.1 Å². The maximum absolute atomic E-state index is 10.9. The van der Waals surface area contributed by atoms with Gasteiger partial charge in [0.1, 0.15) is 17.6 Å². The molecule has 3 aromatic rings. The smallest absolute Gasteiger partial charge is 0.269 e. The summed E-state index contributed by atoms with van der Waals surface area (Å²) in [6.07, 6.45) is 1.75. The Morgan fingerprint density at radius 3 is 2.70 bits per heavy atom. The molecule has 8 nitrogen and oxygen atoms in total. The summed E-state index contributed by atoms with van der Waals surface area (Å²) >= 11 is 5.57. The minimum absolute atomic E-state index is 0.0387. The standard InChI is InChI=1S/C21H20N4O4S/c1-28-13-12-24-20(19(23-21(24)30)16-4-2-3-11-22-16)18-10-9-17(29-18)14-5-7-15(8-6-14)25(26)27/h2-11,19-20H,12-13H2,1H3,(H,23,30)/t19-,20+/m0/s1. The minimum Gasteiger partial charge on any atom is -0.459 e. The summed E-state index contributed by atoms with van der Waals surface area (Å²) in [5.74, 6) is 1.35. The van der Waals surface area contributed by atoms with E-state index < -0.39 is 4.92 Å². The van der Waals surface area contributed by atoms with Crippen molar-refractivity contribution in [3.8, 4) is 11.3 Å². The van der Waals surface area contributed by atoms with Gasteiger partial charge in [0, 0.05) is 37.5 Å². The van der Waals surface area contributed by atoms with Gasteiger partial charge in [-0.05, 0) is 48.6 Å². The predicted octanol–water partition coefficient (Wildman–Crippen LogP) is 3.87. The second-order valence-electron chi connectivity index (χ2n) is 6.82. The maximum Gasteiger partial charge on any atom is 0.269 e. The second-order valence-corrected chi connectivity index (χ2v) is 7.21. The summed E-state index contributed by atoms with van der Waals surface area (Å²) in [6.45, 7) is 1.12. The Kier molecular flexibility index (Phi) is 5.73. The van der Waals surface area contributed by atoms with Crippen LogP contribution >= 0.6 is 12.2 Å². The molecule has 1 fully saturated rings. The Hall–Kier alpha value is -3.30. The molecule has 2 atom stereocenters. The normalized spacial score (nSPS) is 18.4. The molecule has 3 heterocycles. The number of nitro benzene ring substituents is 1. The fraction of sp³-hybridized carbons (Fsp3) is 0.238. The first-order chi connectivity index (χ1) is 14.6. The SMILES string of the molecule is COCCN1C(=S)N[C@@H](c2ccccn2)[C@H]1c1ccc(-c2ccc([N+](=O)[O-])cc2)o1. The Balaban J connectivity index is 1.67. The lowest BCUT2D eigenvalue weighted by Crippen LogP contribution is -2.32. The quantitative estimate of drug-likeness (QED) is 0.347. The van der Waals surface area contributed by atoms with Crippen molar-refractivity contribution in [2.24, 2.45) is 0 Å². The summed E-state index contributed by atoms with van der Waals surface area (Å²) in [7, 11) is 1.65. The van der Waals surface area contributed by atoms with E-state index in [9.17, 15) is 10.1 Å². The van der Waals surface area contributed by atoms with E-state index in [4.69, 9.17) is 21.4 Å². The minimum atomic E-state index is -0.423. The van der Waals surface area contributed by atoms with Gasteiger partial charge in [-0.1, -0.05) is 6.07 Å². The van der Waals surface area contributed by atoms with Crippen molar-refractivity contribution >= 4 is 23.0 Å². The third kappa shape index (κ3) is 3.89. The van der Waals surface area contributed by atoms with Crippen LogP contribution < -0.4 is 5.32 Å². The van der Waals surface area contributed by atoms with Crippen LogP contribution in [0.3, 0.4) is 0 Å². The van der Waals surface area contributed by atoms with Gasteiger partial charge in [-0.25, -0.2) is 0 Å². The number of nitrogens with one attached hydrogen (secondary N) is 1. The topological polar surface area (TPSA) is 93.7 Å². The number of thiocarbonyl (C=S) groups is 1. The average molecular weight is 424 g/mol. The molecule has 1 aromatic carbocycles. The maximum atomic E-state index is 10.9. The summed E-state index contributed by atoms with van der Waals surface area (Å²) < 4.78 is 11.4. The highest BCUT2D eigenvalue weighted by Gasteiger charge is 2.41. The number of nitro groups is 1. The highest BCUT2D eigenvalue weighted by Crippen LogP contribution is 2.40. The number of aromatic nitrogens is 1. The highest BCUT2D eigenvalue weighted by atomic mass is 32.1. The number of methoxy groups -OCH3 is 1. The summed E-state index contributed by atoms with van der Waals surface area (Å²) in [6, 6.07) is 15.4. The van der Waals surface area contributed by atoms with Gasteiger partial charge in [0.15, 0.2) is 5.11 Å². The van der Waals surface area contributed by atoms with Gasteiger partial charge in [0.2, 0.25) is 0 Å². The van der Waals surface area contributed by atoms with Gasteiger partial charge in [0.05, 0.1) is 23.3 Å². The number of rotatable bonds is 7. The van der Waals surface area contributed by atoms with Crippen molar-refractivity contribution in [3.63, 3.8) is 0 Å². The summed E-state index contributed by atoms with van der Waals surface area (Å²) in [4.78, 5) is 17.0. The monoisotopic (exact) mass is 424 g/mol. The van der Waals surface area contributed by atoms with E-state index in [-0.39, 0.29) is 17.8 Å². The molecule has 154 valence electrons. The second kappa shape index (κ2) is 8.60. The van der Waals surface area contributed by atoms with E-state index in [0.717, 1.165) is 17.0 Å². The molecule has 30 heavy (non-hydrogen) atoms. The Morgan fingerprint density at radius 1 is 1.23 bits per heavy atom. The summed E-state index contributed by atoms with van der Waals surface area (Å²) in [5.41, 5.74) is 1.66. The van der Waals surface area contributed by atoms with Crippen LogP contribution in [0.1, 0.15) is 23.5 Å². The first-order valence-electron chi connectivity index (χ1n) is 9.40. The molecule has 1 aliphatic heterocycles. The van der Waals surface area contributed by atoms with Crippen LogP contribution in [0.4, 0.5) is 5.69 Å². The Labute approximate surface area is 178 Å². The number of pyridine rings is 1. The largest absolute Gasteiger partial charge is 0.459 e. The lowest BCUT2D eigenvalue weighted by atomic mass is 10.0. The third-order valence-electron chi connectivity index (χ3n) is 5.02. The number of nitrogens with zero attached hydrogens (tertiary/aromatic N) is 3. The van der Waals surface area contributed by atoms with Crippen LogP contribution in [-0.2, 0) is 4.74 Å². The number of benzene rings is 1. The molecule has 0 unspecified atom stereocenters. The fourth-order valence-corrected chi connectivity index (χ4v) is 3.89. The third-order valence-corrected chi connectivity index (χ3v) is 5.37. The molecular weight excluding hydrogens is 404 g/mol. The van der Waals surface area contributed by atoms with Gasteiger partial charge in [-0.3, -0.25) is 15.1 Å². The lowest BCUT2D eigenvalue weighted by Gasteiger charge is -2.25. The molecule has 0 aliphatic carbocycles. The van der Waals surface area contributed by atoms with Crippen LogP contribution in [0.25, 0.3) is 11.3 Å². The van der Waals surface area contributed by atoms with Crippen molar-refractivity contribution in [3.05, 3.63) is 82.4 Å². The first kappa shape index (κ1) is 20.0. The number of hydrogen-bond acceptors (Lipinski definition) is 6. The Bertz CT molecular complexity index is 1040. The molecule has 1 N–H and O–H groups in total. The number of ether oxygens (including phenoxy) is 1. The van der Waals surface area contributed by atoms with Crippen molar-refractivity contribution < 1.29 is 14.1 Å². The van der Waals surface area contributed by atoms with Gasteiger partial charge in [-0.2, -0.15) is 0 Å². The predicted molar refractivity (Wildman–Crippen MR) is 115 cm³/mol. The van der Waals surface area contributed by atoms with Crippen molar-refractivity contribution in [1.29, 1.82) is 0 Å². The molecule has 0 saturated carbocycles. The van der Waals surface area contributed by atoms with Crippen molar-refractivity contribution in [2.75, 3.05) is 20.3 Å². The van der Waals surface area contributed by atoms with E-state index in [2.05, 4.69) is 10.3 Å². The molecule has 2 aromatic heterocycles.